The van der Waals surface area contributed by atoms with Gasteiger partial charge in [0, 0.05) is 33.8 Å². The van der Waals surface area contributed by atoms with E-state index in [2.05, 4.69) is 35.9 Å². The maximum Gasteiger partial charge on any atom is 0.104 e. The number of aliphatic hydroxyl groups is 1. The topological polar surface area (TPSA) is 23.5 Å². The predicted molar refractivity (Wildman–Crippen MR) is 82.8 cm³/mol. The van der Waals surface area contributed by atoms with E-state index >= 15 is 0 Å². The first-order chi connectivity index (χ1) is 9.17. The first-order valence-electron chi connectivity index (χ1n) is 5.77. The van der Waals surface area contributed by atoms with Crippen LogP contribution in [-0.2, 0) is 13.1 Å². The van der Waals surface area contributed by atoms with Crippen LogP contribution in [0, 0.1) is 11.8 Å². The van der Waals surface area contributed by atoms with Gasteiger partial charge in [-0.1, -0.05) is 23.4 Å². The minimum Gasteiger partial charge on any atom is -0.384 e. The lowest BCUT2D eigenvalue weighted by Crippen LogP contribution is -2.15. The second-order valence-corrected chi connectivity index (χ2v) is 6.94. The van der Waals surface area contributed by atoms with E-state index in [1.807, 2.05) is 11.4 Å². The van der Waals surface area contributed by atoms with E-state index in [4.69, 9.17) is 16.7 Å². The molecule has 2 aromatic heterocycles. The number of rotatable bonds is 4. The molecule has 0 saturated heterocycles. The van der Waals surface area contributed by atoms with Crippen molar-refractivity contribution in [2.75, 3.05) is 13.7 Å². The highest BCUT2D eigenvalue weighted by atomic mass is 35.5. The highest BCUT2D eigenvalue weighted by Gasteiger charge is 2.06. The summed E-state index contributed by atoms with van der Waals surface area (Å²) in [7, 11) is 2.09. The fourth-order valence-electron chi connectivity index (χ4n) is 1.70. The molecule has 2 aromatic rings. The van der Waals surface area contributed by atoms with Crippen LogP contribution in [0.2, 0.25) is 4.34 Å². The van der Waals surface area contributed by atoms with Crippen LogP contribution < -0.4 is 0 Å². The molecule has 0 saturated carbocycles. The minimum atomic E-state index is -0.0930. The van der Waals surface area contributed by atoms with Crippen molar-refractivity contribution in [3.05, 3.63) is 43.2 Å². The summed E-state index contributed by atoms with van der Waals surface area (Å²) in [6.07, 6.45) is 0. The number of thiophene rings is 2. The Labute approximate surface area is 126 Å². The molecule has 2 heterocycles. The molecule has 0 radical (unpaired) electrons. The Morgan fingerprint density at radius 2 is 2.11 bits per heavy atom. The maximum absolute atomic E-state index is 8.66. The number of hydrogen-bond acceptors (Lipinski definition) is 4. The standard InChI is InChI=1S/C14H14ClNOS2/c1-16(8-12-4-5-14(15)19-12)9-13-7-11(10-18-13)3-2-6-17/h4-5,7,10,17H,6,8-9H2,1H3. The Morgan fingerprint density at radius 1 is 1.32 bits per heavy atom. The number of halogens is 1. The molecule has 0 spiro atoms. The van der Waals surface area contributed by atoms with Crippen LogP contribution in [0.5, 0.6) is 0 Å². The van der Waals surface area contributed by atoms with Gasteiger partial charge in [0.2, 0.25) is 0 Å². The molecule has 0 bridgehead atoms. The van der Waals surface area contributed by atoms with Crippen LogP contribution in [0.4, 0.5) is 0 Å². The fourth-order valence-corrected chi connectivity index (χ4v) is 3.76. The zero-order chi connectivity index (χ0) is 13.7. The molecule has 2 nitrogen and oxygen atoms in total. The van der Waals surface area contributed by atoms with Crippen molar-refractivity contribution in [2.45, 2.75) is 13.1 Å². The van der Waals surface area contributed by atoms with Crippen LogP contribution >= 0.6 is 34.3 Å². The third-order valence-corrected chi connectivity index (χ3v) is 4.58. The van der Waals surface area contributed by atoms with Gasteiger partial charge < -0.3 is 5.11 Å². The highest BCUT2D eigenvalue weighted by Crippen LogP contribution is 2.23. The molecular weight excluding hydrogens is 298 g/mol. The van der Waals surface area contributed by atoms with E-state index in [-0.39, 0.29) is 6.61 Å². The van der Waals surface area contributed by atoms with Gasteiger partial charge in [0.25, 0.3) is 0 Å². The van der Waals surface area contributed by atoms with Crippen LogP contribution in [0.1, 0.15) is 15.3 Å². The molecule has 0 unspecified atom stereocenters. The zero-order valence-corrected chi connectivity index (χ0v) is 12.9. The SMILES string of the molecule is CN(Cc1cc(C#CCO)cs1)Cc1ccc(Cl)s1. The molecule has 2 rings (SSSR count). The molecule has 0 fully saturated rings. The molecule has 1 N–H and O–H groups in total. The van der Waals surface area contributed by atoms with Crippen LogP contribution in [0.15, 0.2) is 23.6 Å². The normalized spacial score (nSPS) is 10.5. The molecule has 0 aliphatic heterocycles. The molecule has 0 atom stereocenters. The molecule has 100 valence electrons. The van der Waals surface area contributed by atoms with Crippen molar-refractivity contribution >= 4 is 34.3 Å². The summed E-state index contributed by atoms with van der Waals surface area (Å²) in [6, 6.07) is 6.07. The number of aliphatic hydroxyl groups excluding tert-OH is 1. The third-order valence-electron chi connectivity index (χ3n) is 2.45. The van der Waals surface area contributed by atoms with Crippen molar-refractivity contribution in [3.8, 4) is 11.8 Å². The Hall–Kier alpha value is -0.830. The summed E-state index contributed by atoms with van der Waals surface area (Å²) >= 11 is 9.24. The van der Waals surface area contributed by atoms with Gasteiger partial charge in [-0.15, -0.1) is 22.7 Å². The van der Waals surface area contributed by atoms with E-state index in [1.165, 1.54) is 9.75 Å². The van der Waals surface area contributed by atoms with Crippen molar-refractivity contribution in [1.29, 1.82) is 0 Å². The zero-order valence-electron chi connectivity index (χ0n) is 10.5. The number of hydrogen-bond donors (Lipinski definition) is 1. The lowest BCUT2D eigenvalue weighted by Gasteiger charge is -2.13. The average molecular weight is 312 g/mol. The summed E-state index contributed by atoms with van der Waals surface area (Å²) in [5.41, 5.74) is 0.974. The van der Waals surface area contributed by atoms with E-state index in [0.717, 1.165) is 23.0 Å². The van der Waals surface area contributed by atoms with Gasteiger partial charge in [-0.25, -0.2) is 0 Å². The first kappa shape index (κ1) is 14.6. The lowest BCUT2D eigenvalue weighted by molar-refractivity contribution is 0.325. The summed E-state index contributed by atoms with van der Waals surface area (Å²) < 4.78 is 0.834. The molecular formula is C14H14ClNOS2. The first-order valence-corrected chi connectivity index (χ1v) is 7.84. The Morgan fingerprint density at radius 3 is 2.79 bits per heavy atom. The molecule has 0 aliphatic rings. The Kier molecular flexibility index (Phi) is 5.44. The number of nitrogens with zero attached hydrogens (tertiary/aromatic N) is 1. The van der Waals surface area contributed by atoms with Gasteiger partial charge in [-0.2, -0.15) is 0 Å². The van der Waals surface area contributed by atoms with E-state index in [1.54, 1.807) is 22.7 Å². The van der Waals surface area contributed by atoms with Gasteiger partial charge in [-0.05, 0) is 25.2 Å². The van der Waals surface area contributed by atoms with Gasteiger partial charge >= 0.3 is 0 Å². The highest BCUT2D eigenvalue weighted by molar-refractivity contribution is 7.16. The smallest absolute Gasteiger partial charge is 0.104 e. The van der Waals surface area contributed by atoms with Crippen LogP contribution in [0.25, 0.3) is 0 Å². The predicted octanol–water partition coefficient (Wildman–Crippen LogP) is 3.44. The van der Waals surface area contributed by atoms with E-state index in [9.17, 15) is 0 Å². The minimum absolute atomic E-state index is 0.0930. The second-order valence-electron chi connectivity index (χ2n) is 4.14. The Balaban J connectivity index is 1.91. The molecule has 0 aliphatic carbocycles. The maximum atomic E-state index is 8.66. The molecule has 0 aromatic carbocycles. The summed E-state index contributed by atoms with van der Waals surface area (Å²) in [5, 5.41) is 10.7. The van der Waals surface area contributed by atoms with Gasteiger partial charge in [0.1, 0.15) is 6.61 Å². The summed E-state index contributed by atoms with van der Waals surface area (Å²) in [5.74, 6) is 5.58. The monoisotopic (exact) mass is 311 g/mol. The average Bonchev–Trinajstić information content (AvgIpc) is 2.96. The quantitative estimate of drug-likeness (QED) is 0.874. The van der Waals surface area contributed by atoms with Crippen molar-refractivity contribution in [3.63, 3.8) is 0 Å². The van der Waals surface area contributed by atoms with Gasteiger partial charge in [0.05, 0.1) is 4.34 Å². The molecule has 19 heavy (non-hydrogen) atoms. The van der Waals surface area contributed by atoms with Crippen molar-refractivity contribution in [2.24, 2.45) is 0 Å². The molecule has 0 amide bonds. The van der Waals surface area contributed by atoms with E-state index in [0.29, 0.717) is 0 Å². The lowest BCUT2D eigenvalue weighted by atomic mass is 10.3. The fraction of sp³-hybridized carbons (Fsp3) is 0.286. The van der Waals surface area contributed by atoms with E-state index < -0.39 is 0 Å². The van der Waals surface area contributed by atoms with Crippen molar-refractivity contribution < 1.29 is 5.11 Å². The Bertz CT molecular complexity index is 594. The van der Waals surface area contributed by atoms with Gasteiger partial charge in [-0.3, -0.25) is 4.90 Å². The largest absolute Gasteiger partial charge is 0.384 e. The van der Waals surface area contributed by atoms with Gasteiger partial charge in [0.15, 0.2) is 0 Å². The summed E-state index contributed by atoms with van der Waals surface area (Å²) in [6.45, 7) is 1.69. The van der Waals surface area contributed by atoms with Crippen LogP contribution in [0.3, 0.4) is 0 Å². The van der Waals surface area contributed by atoms with Crippen molar-refractivity contribution in [1.82, 2.24) is 4.90 Å². The summed E-state index contributed by atoms with van der Waals surface area (Å²) in [4.78, 5) is 4.79. The van der Waals surface area contributed by atoms with Crippen LogP contribution in [-0.4, -0.2) is 23.7 Å². The second kappa shape index (κ2) is 7.09. The molecule has 5 heteroatoms. The third kappa shape index (κ3) is 4.64.